The highest BCUT2D eigenvalue weighted by Gasteiger charge is 2.06. The molecular weight excluding hydrogens is 278 g/mol. The number of hydrogen-bond donors (Lipinski definition) is 1. The summed E-state index contributed by atoms with van der Waals surface area (Å²) in [6.45, 7) is 7.43. The van der Waals surface area contributed by atoms with Crippen molar-refractivity contribution in [2.45, 2.75) is 13.8 Å². The minimum Gasteiger partial charge on any atom is -0.455 e. The zero-order chi connectivity index (χ0) is 16.1. The van der Waals surface area contributed by atoms with Gasteiger partial charge in [0.2, 0.25) is 0 Å². The lowest BCUT2D eigenvalue weighted by Gasteiger charge is -2.09. The third-order valence-electron chi connectivity index (χ3n) is 2.77. The number of aliphatic imine (C=N–C) groups is 1. The summed E-state index contributed by atoms with van der Waals surface area (Å²) in [6.07, 6.45) is 6.89. The summed E-state index contributed by atoms with van der Waals surface area (Å²) in [5.74, 6) is 1.65. The molecule has 0 aliphatic carbocycles. The van der Waals surface area contributed by atoms with E-state index in [1.54, 1.807) is 36.3 Å². The highest BCUT2D eigenvalue weighted by atomic mass is 16.5. The maximum atomic E-state index is 5.83. The van der Waals surface area contributed by atoms with Gasteiger partial charge in [0.05, 0.1) is 23.9 Å². The van der Waals surface area contributed by atoms with Crippen LogP contribution in [-0.4, -0.2) is 20.6 Å². The van der Waals surface area contributed by atoms with Crippen LogP contribution in [0, 0.1) is 0 Å². The van der Waals surface area contributed by atoms with Gasteiger partial charge in [-0.25, -0.2) is 4.99 Å². The fraction of sp³-hybridized carbons (Fsp3) is 0.188. The molecule has 2 aromatic rings. The molecule has 114 valence electrons. The lowest BCUT2D eigenvalue weighted by atomic mass is 10.2. The monoisotopic (exact) mass is 297 g/mol. The maximum Gasteiger partial charge on any atom is 0.148 e. The summed E-state index contributed by atoms with van der Waals surface area (Å²) in [6, 6.07) is 3.61. The molecule has 0 spiro atoms. The van der Waals surface area contributed by atoms with Crippen LogP contribution in [0.15, 0.2) is 59.8 Å². The third-order valence-corrected chi connectivity index (χ3v) is 2.77. The van der Waals surface area contributed by atoms with E-state index in [4.69, 9.17) is 10.5 Å². The van der Waals surface area contributed by atoms with Gasteiger partial charge < -0.3 is 10.5 Å². The molecule has 2 N–H and O–H groups in total. The molecule has 22 heavy (non-hydrogen) atoms. The van der Waals surface area contributed by atoms with E-state index in [0.717, 1.165) is 16.8 Å². The van der Waals surface area contributed by atoms with Gasteiger partial charge in [-0.15, -0.1) is 0 Å². The first kappa shape index (κ1) is 15.5. The Morgan fingerprint density at radius 3 is 2.82 bits per heavy atom. The second-order valence-electron chi connectivity index (χ2n) is 4.93. The molecule has 6 nitrogen and oxygen atoms in total. The zero-order valence-electron chi connectivity index (χ0n) is 12.9. The molecule has 0 bridgehead atoms. The largest absolute Gasteiger partial charge is 0.455 e. The molecule has 2 heterocycles. The van der Waals surface area contributed by atoms with Crippen molar-refractivity contribution in [3.05, 3.63) is 54.8 Å². The molecule has 0 radical (unpaired) electrons. The molecule has 2 aromatic heterocycles. The quantitative estimate of drug-likeness (QED) is 0.398. The highest BCUT2D eigenvalue weighted by molar-refractivity contribution is 5.78. The number of ether oxygens (including phenoxy) is 1. The van der Waals surface area contributed by atoms with Gasteiger partial charge in [-0.3, -0.25) is 9.67 Å². The van der Waals surface area contributed by atoms with Gasteiger partial charge in [-0.1, -0.05) is 6.58 Å². The Morgan fingerprint density at radius 2 is 2.23 bits per heavy atom. The molecule has 0 aliphatic rings. The minimum absolute atomic E-state index is 0.452. The molecule has 0 atom stereocenters. The van der Waals surface area contributed by atoms with Gasteiger partial charge in [0.15, 0.2) is 0 Å². The second-order valence-corrected chi connectivity index (χ2v) is 4.93. The van der Waals surface area contributed by atoms with Crippen molar-refractivity contribution in [1.29, 1.82) is 0 Å². The molecule has 0 aromatic carbocycles. The molecule has 6 heteroatoms. The van der Waals surface area contributed by atoms with Crippen LogP contribution in [0.4, 0.5) is 0 Å². The first-order valence-corrected chi connectivity index (χ1v) is 6.74. The van der Waals surface area contributed by atoms with Crippen LogP contribution in [0.3, 0.4) is 0 Å². The number of allylic oxidation sites excluding steroid dienone is 1. The van der Waals surface area contributed by atoms with E-state index in [0.29, 0.717) is 17.3 Å². The molecule has 0 saturated carbocycles. The van der Waals surface area contributed by atoms with E-state index < -0.39 is 0 Å². The Bertz CT molecular complexity index is 738. The molecular formula is C16H19N5O. The normalized spacial score (nSPS) is 12.3. The predicted molar refractivity (Wildman–Crippen MR) is 87.3 cm³/mol. The van der Waals surface area contributed by atoms with E-state index in [9.17, 15) is 0 Å². The minimum atomic E-state index is 0.452. The van der Waals surface area contributed by atoms with Gasteiger partial charge in [0, 0.05) is 31.1 Å². The second kappa shape index (κ2) is 6.71. The molecule has 0 unspecified atom stereocenters. The number of hydrogen-bond acceptors (Lipinski definition) is 4. The van der Waals surface area contributed by atoms with Crippen molar-refractivity contribution in [3.63, 3.8) is 0 Å². The highest BCUT2D eigenvalue weighted by Crippen LogP contribution is 2.23. The topological polar surface area (TPSA) is 78.3 Å². The van der Waals surface area contributed by atoms with Gasteiger partial charge in [0.1, 0.15) is 11.5 Å². The number of nitrogens with zero attached hydrogens (tertiary/aromatic N) is 4. The van der Waals surface area contributed by atoms with Crippen molar-refractivity contribution < 1.29 is 4.74 Å². The van der Waals surface area contributed by atoms with E-state index in [1.165, 1.54) is 0 Å². The van der Waals surface area contributed by atoms with Crippen LogP contribution in [0.2, 0.25) is 0 Å². The van der Waals surface area contributed by atoms with Crippen molar-refractivity contribution in [3.8, 4) is 17.0 Å². The van der Waals surface area contributed by atoms with Crippen LogP contribution < -0.4 is 10.5 Å². The van der Waals surface area contributed by atoms with Crippen LogP contribution in [0.5, 0.6) is 5.75 Å². The van der Waals surface area contributed by atoms with Crippen molar-refractivity contribution in [2.24, 2.45) is 17.8 Å². The Labute approximate surface area is 129 Å². The van der Waals surface area contributed by atoms with E-state index in [2.05, 4.69) is 21.7 Å². The van der Waals surface area contributed by atoms with Gasteiger partial charge >= 0.3 is 0 Å². The first-order valence-electron chi connectivity index (χ1n) is 6.74. The number of rotatable bonds is 5. The van der Waals surface area contributed by atoms with Crippen LogP contribution in [-0.2, 0) is 7.05 Å². The molecule has 0 amide bonds. The number of nitrogens with two attached hydrogens (primary N) is 1. The number of aromatic nitrogens is 3. The fourth-order valence-corrected chi connectivity index (χ4v) is 1.70. The molecule has 0 fully saturated rings. The first-order chi connectivity index (χ1) is 10.5. The standard InChI is InChI=1S/C16H19N5O/c1-11(2)16(9-19-12(3)17)22-14-5-6-18-15(7-14)13-8-20-21(4)10-13/h5-10H,1H2,2-4H3,(H2,17,19)/b16-9+. The summed E-state index contributed by atoms with van der Waals surface area (Å²) in [7, 11) is 1.86. The van der Waals surface area contributed by atoms with Gasteiger partial charge in [-0.2, -0.15) is 5.10 Å². The van der Waals surface area contributed by atoms with Gasteiger partial charge in [0.25, 0.3) is 0 Å². The van der Waals surface area contributed by atoms with Crippen molar-refractivity contribution >= 4 is 5.84 Å². The maximum absolute atomic E-state index is 5.83. The van der Waals surface area contributed by atoms with Gasteiger partial charge in [-0.05, 0) is 25.5 Å². The number of pyridine rings is 1. The van der Waals surface area contributed by atoms with Crippen molar-refractivity contribution in [1.82, 2.24) is 14.8 Å². The lowest BCUT2D eigenvalue weighted by Crippen LogP contribution is -2.04. The third kappa shape index (κ3) is 4.05. The molecule has 0 saturated heterocycles. The predicted octanol–water partition coefficient (Wildman–Crippen LogP) is 2.66. The SMILES string of the molecule is C=C(C)/C(=C\N=C(C)N)Oc1ccnc(-c2cnn(C)c2)c1. The Morgan fingerprint density at radius 1 is 1.45 bits per heavy atom. The Hall–Kier alpha value is -2.89. The summed E-state index contributed by atoms with van der Waals surface area (Å²) >= 11 is 0. The Kier molecular flexibility index (Phi) is 4.73. The average molecular weight is 297 g/mol. The van der Waals surface area contributed by atoms with Crippen LogP contribution in [0.25, 0.3) is 11.3 Å². The number of aryl methyl sites for hydroxylation is 1. The van der Waals surface area contributed by atoms with Crippen LogP contribution >= 0.6 is 0 Å². The number of amidine groups is 1. The fourth-order valence-electron chi connectivity index (χ4n) is 1.70. The molecule has 2 rings (SSSR count). The molecule has 0 aliphatic heterocycles. The summed E-state index contributed by atoms with van der Waals surface area (Å²) in [5, 5.41) is 4.14. The average Bonchev–Trinajstić information content (AvgIpc) is 2.90. The zero-order valence-corrected chi connectivity index (χ0v) is 12.9. The van der Waals surface area contributed by atoms with Crippen LogP contribution in [0.1, 0.15) is 13.8 Å². The van der Waals surface area contributed by atoms with E-state index >= 15 is 0 Å². The smallest absolute Gasteiger partial charge is 0.148 e. The van der Waals surface area contributed by atoms with E-state index in [-0.39, 0.29) is 0 Å². The lowest BCUT2D eigenvalue weighted by molar-refractivity contribution is 0.434. The summed E-state index contributed by atoms with van der Waals surface area (Å²) in [4.78, 5) is 8.37. The Balaban J connectivity index is 2.27. The van der Waals surface area contributed by atoms with E-state index in [1.807, 2.05) is 26.2 Å². The summed E-state index contributed by atoms with van der Waals surface area (Å²) in [5.41, 5.74) is 8.00. The van der Waals surface area contributed by atoms with Crippen molar-refractivity contribution in [2.75, 3.05) is 0 Å². The summed E-state index contributed by atoms with van der Waals surface area (Å²) < 4.78 is 7.55.